The summed E-state index contributed by atoms with van der Waals surface area (Å²) in [6, 6.07) is 11.0. The van der Waals surface area contributed by atoms with Crippen LogP contribution in [0.4, 0.5) is 0 Å². The van der Waals surface area contributed by atoms with Crippen LogP contribution in [0.1, 0.15) is 47.4 Å². The molecule has 2 aromatic carbocycles. The first-order valence-electron chi connectivity index (χ1n) is 8.18. The number of fused-ring (bicyclic) bond motifs is 3. The number of ketones is 2. The van der Waals surface area contributed by atoms with E-state index in [2.05, 4.69) is 4.57 Å². The maximum absolute atomic E-state index is 11.7. The molecule has 0 spiro atoms. The molecule has 3 rings (SSSR count). The first-order chi connectivity index (χ1) is 11.9. The summed E-state index contributed by atoms with van der Waals surface area (Å²) in [7, 11) is 0. The van der Waals surface area contributed by atoms with E-state index in [-0.39, 0.29) is 18.0 Å². The number of aromatic nitrogens is 1. The number of benzene rings is 2. The predicted octanol–water partition coefficient (Wildman–Crippen LogP) is 4.06. The highest BCUT2D eigenvalue weighted by Gasteiger charge is 2.14. The summed E-state index contributed by atoms with van der Waals surface area (Å²) in [5.74, 6) is -0.855. The summed E-state index contributed by atoms with van der Waals surface area (Å²) in [5.41, 5.74) is 3.10. The van der Waals surface area contributed by atoms with Crippen LogP contribution in [0.2, 0.25) is 0 Å². The first kappa shape index (κ1) is 16.9. The van der Waals surface area contributed by atoms with E-state index in [0.717, 1.165) is 21.8 Å². The maximum Gasteiger partial charge on any atom is 0.303 e. The highest BCUT2D eigenvalue weighted by Crippen LogP contribution is 2.31. The summed E-state index contributed by atoms with van der Waals surface area (Å²) in [6.07, 6.45) is 0.607. The van der Waals surface area contributed by atoms with E-state index in [1.807, 2.05) is 24.3 Å². The predicted molar refractivity (Wildman–Crippen MR) is 96.3 cm³/mol. The smallest absolute Gasteiger partial charge is 0.303 e. The molecule has 3 aromatic rings. The molecule has 0 atom stereocenters. The first-order valence-corrected chi connectivity index (χ1v) is 8.18. The Kier molecular flexibility index (Phi) is 4.40. The number of hydrogen-bond acceptors (Lipinski definition) is 3. The average molecular weight is 337 g/mol. The number of Topliss-reactive ketones (excluding diaryl/α,β-unsaturated/α-hetero) is 2. The van der Waals surface area contributed by atoms with Crippen LogP contribution < -0.4 is 0 Å². The zero-order valence-corrected chi connectivity index (χ0v) is 14.2. The Morgan fingerprint density at radius 3 is 1.76 bits per heavy atom. The van der Waals surface area contributed by atoms with Gasteiger partial charge in [-0.05, 0) is 56.7 Å². The van der Waals surface area contributed by atoms with Crippen molar-refractivity contribution in [3.05, 3.63) is 47.5 Å². The molecule has 1 aromatic heterocycles. The molecule has 0 unspecified atom stereocenters. The van der Waals surface area contributed by atoms with Crippen LogP contribution >= 0.6 is 0 Å². The summed E-state index contributed by atoms with van der Waals surface area (Å²) >= 11 is 0. The molecule has 0 bridgehead atoms. The van der Waals surface area contributed by atoms with Crippen molar-refractivity contribution >= 4 is 39.3 Å². The Morgan fingerprint density at radius 2 is 1.36 bits per heavy atom. The fourth-order valence-corrected chi connectivity index (χ4v) is 3.17. The molecule has 0 aliphatic carbocycles. The van der Waals surface area contributed by atoms with Gasteiger partial charge < -0.3 is 9.67 Å². The number of rotatable bonds is 6. The normalized spacial score (nSPS) is 11.1. The molecule has 0 aliphatic rings. The Bertz CT molecular complexity index is 942. The topological polar surface area (TPSA) is 76.4 Å². The molecular formula is C20H19NO4. The Morgan fingerprint density at radius 1 is 0.880 bits per heavy atom. The van der Waals surface area contributed by atoms with Crippen molar-refractivity contribution in [3.8, 4) is 0 Å². The number of hydrogen-bond donors (Lipinski definition) is 1. The molecule has 1 heterocycles. The second-order valence-electron chi connectivity index (χ2n) is 6.23. The number of carboxylic acids is 1. The van der Waals surface area contributed by atoms with Gasteiger partial charge >= 0.3 is 5.97 Å². The van der Waals surface area contributed by atoms with Crippen molar-refractivity contribution in [3.63, 3.8) is 0 Å². The summed E-state index contributed by atoms with van der Waals surface area (Å²) in [5, 5.41) is 10.7. The van der Waals surface area contributed by atoms with E-state index in [1.165, 1.54) is 13.8 Å². The fourth-order valence-electron chi connectivity index (χ4n) is 3.17. The van der Waals surface area contributed by atoms with Crippen LogP contribution in [0.5, 0.6) is 0 Å². The molecule has 0 saturated heterocycles. The minimum Gasteiger partial charge on any atom is -0.481 e. The van der Waals surface area contributed by atoms with Crippen molar-refractivity contribution in [2.75, 3.05) is 0 Å². The van der Waals surface area contributed by atoms with Crippen molar-refractivity contribution in [2.45, 2.75) is 33.2 Å². The van der Waals surface area contributed by atoms with E-state index in [0.29, 0.717) is 24.1 Å². The Balaban J connectivity index is 2.23. The van der Waals surface area contributed by atoms with Crippen LogP contribution in [0, 0.1) is 0 Å². The monoisotopic (exact) mass is 337 g/mol. The standard InChI is InChI=1S/C20H19NO4/c1-12(22)14-5-7-18-16(10-14)17-11-15(13(2)23)6-8-19(17)21(18)9-3-4-20(24)25/h5-8,10-11H,3-4,9H2,1-2H3,(H,24,25). The lowest BCUT2D eigenvalue weighted by atomic mass is 10.0. The average Bonchev–Trinajstić information content (AvgIpc) is 2.87. The highest BCUT2D eigenvalue weighted by atomic mass is 16.4. The number of carbonyl (C=O) groups is 3. The third kappa shape index (κ3) is 3.18. The lowest BCUT2D eigenvalue weighted by Gasteiger charge is -2.07. The van der Waals surface area contributed by atoms with Gasteiger partial charge in [0.2, 0.25) is 0 Å². The molecule has 1 N–H and O–H groups in total. The quantitative estimate of drug-likeness (QED) is 0.688. The fraction of sp³-hybridized carbons (Fsp3) is 0.250. The molecule has 0 saturated carbocycles. The molecule has 5 heteroatoms. The minimum atomic E-state index is -0.821. The van der Waals surface area contributed by atoms with Gasteiger partial charge in [0.25, 0.3) is 0 Å². The highest BCUT2D eigenvalue weighted by molar-refractivity contribution is 6.12. The van der Waals surface area contributed by atoms with Crippen LogP contribution in [0.25, 0.3) is 21.8 Å². The second-order valence-corrected chi connectivity index (χ2v) is 6.23. The van der Waals surface area contributed by atoms with Crippen molar-refractivity contribution < 1.29 is 19.5 Å². The summed E-state index contributed by atoms with van der Waals surface area (Å²) in [4.78, 5) is 34.3. The lowest BCUT2D eigenvalue weighted by molar-refractivity contribution is -0.137. The van der Waals surface area contributed by atoms with Crippen molar-refractivity contribution in [1.29, 1.82) is 0 Å². The number of nitrogens with zero attached hydrogens (tertiary/aromatic N) is 1. The van der Waals surface area contributed by atoms with Gasteiger partial charge in [-0.25, -0.2) is 0 Å². The van der Waals surface area contributed by atoms with Crippen LogP contribution in [-0.2, 0) is 11.3 Å². The van der Waals surface area contributed by atoms with E-state index >= 15 is 0 Å². The third-order valence-corrected chi connectivity index (χ3v) is 4.45. The SMILES string of the molecule is CC(=O)c1ccc2c(c1)c1cc(C(C)=O)ccc1n2CCCC(=O)O. The van der Waals surface area contributed by atoms with E-state index in [4.69, 9.17) is 5.11 Å². The Labute approximate surface area is 144 Å². The van der Waals surface area contributed by atoms with Crippen LogP contribution in [0.3, 0.4) is 0 Å². The number of carboxylic acid groups (broad SMARTS) is 1. The lowest BCUT2D eigenvalue weighted by Crippen LogP contribution is -2.02. The maximum atomic E-state index is 11.7. The molecule has 25 heavy (non-hydrogen) atoms. The van der Waals surface area contributed by atoms with Crippen molar-refractivity contribution in [2.24, 2.45) is 0 Å². The molecule has 0 fully saturated rings. The summed E-state index contributed by atoms with van der Waals surface area (Å²) in [6.45, 7) is 3.60. The van der Waals surface area contributed by atoms with E-state index in [9.17, 15) is 14.4 Å². The van der Waals surface area contributed by atoms with Crippen molar-refractivity contribution in [1.82, 2.24) is 4.57 Å². The van der Waals surface area contributed by atoms with Gasteiger partial charge in [-0.1, -0.05) is 0 Å². The molecule has 0 aliphatic heterocycles. The number of aliphatic carboxylic acids is 1. The van der Waals surface area contributed by atoms with Crippen LogP contribution in [-0.4, -0.2) is 27.2 Å². The second kappa shape index (κ2) is 6.51. The zero-order chi connectivity index (χ0) is 18.1. The van der Waals surface area contributed by atoms with Gasteiger partial charge in [0.15, 0.2) is 11.6 Å². The third-order valence-electron chi connectivity index (χ3n) is 4.45. The molecular weight excluding hydrogens is 318 g/mol. The van der Waals surface area contributed by atoms with Gasteiger partial charge in [0, 0.05) is 45.9 Å². The summed E-state index contributed by atoms with van der Waals surface area (Å²) < 4.78 is 2.06. The number of aryl methyl sites for hydroxylation is 1. The molecule has 128 valence electrons. The molecule has 5 nitrogen and oxygen atoms in total. The van der Waals surface area contributed by atoms with Gasteiger partial charge in [0.05, 0.1) is 0 Å². The molecule has 0 amide bonds. The largest absolute Gasteiger partial charge is 0.481 e. The Hall–Kier alpha value is -2.95. The van der Waals surface area contributed by atoms with Crippen LogP contribution in [0.15, 0.2) is 36.4 Å². The van der Waals surface area contributed by atoms with Gasteiger partial charge in [-0.3, -0.25) is 14.4 Å². The number of carbonyl (C=O) groups excluding carboxylic acids is 2. The minimum absolute atomic E-state index is 0.0172. The van der Waals surface area contributed by atoms with E-state index < -0.39 is 5.97 Å². The zero-order valence-electron chi connectivity index (χ0n) is 14.2. The van der Waals surface area contributed by atoms with Gasteiger partial charge in [-0.2, -0.15) is 0 Å². The van der Waals surface area contributed by atoms with E-state index in [1.54, 1.807) is 12.1 Å². The molecule has 0 radical (unpaired) electrons. The van der Waals surface area contributed by atoms with Gasteiger partial charge in [0.1, 0.15) is 0 Å². The van der Waals surface area contributed by atoms with Gasteiger partial charge in [-0.15, -0.1) is 0 Å².